The van der Waals surface area contributed by atoms with E-state index in [1.54, 1.807) is 6.08 Å². The minimum atomic E-state index is -0.358. The standard InChI is InChI=1S/C21H24N2O4S/c1-21(2,3)15-6-4-5-7-16(15)27-13-10-23(11-13)19(25)14-8-12(14)9-17-18(24)22-20(26)28-17/h4-7,9,12-14H,8,10-11H2,1-3H3,(H,22,24,26)/b17-9-. The molecular formula is C21H24N2O4S. The molecule has 0 bridgehead atoms. The summed E-state index contributed by atoms with van der Waals surface area (Å²) in [5.41, 5.74) is 1.16. The average molecular weight is 401 g/mol. The summed E-state index contributed by atoms with van der Waals surface area (Å²) in [6.07, 6.45) is 2.51. The molecule has 0 aromatic heterocycles. The van der Waals surface area contributed by atoms with Crippen LogP contribution >= 0.6 is 11.8 Å². The number of carbonyl (C=O) groups is 3. The summed E-state index contributed by atoms with van der Waals surface area (Å²) in [5, 5.41) is 1.89. The van der Waals surface area contributed by atoms with Gasteiger partial charge in [-0.3, -0.25) is 19.7 Å². The van der Waals surface area contributed by atoms with Crippen LogP contribution in [0.5, 0.6) is 5.75 Å². The van der Waals surface area contributed by atoms with Gasteiger partial charge in [0.15, 0.2) is 0 Å². The molecule has 6 nitrogen and oxygen atoms in total. The Bertz CT molecular complexity index is 867. The first kappa shape index (κ1) is 19.1. The molecule has 1 aliphatic carbocycles. The minimum Gasteiger partial charge on any atom is -0.486 e. The van der Waals surface area contributed by atoms with E-state index < -0.39 is 0 Å². The van der Waals surface area contributed by atoms with Gasteiger partial charge in [-0.1, -0.05) is 45.0 Å². The SMILES string of the molecule is CC(C)(C)c1ccccc1OC1CN(C(=O)C2CC2/C=C2\SC(=O)NC2=O)C1. The zero-order valence-electron chi connectivity index (χ0n) is 16.2. The molecule has 2 unspecified atom stereocenters. The highest BCUT2D eigenvalue weighted by Gasteiger charge is 2.47. The maximum Gasteiger partial charge on any atom is 0.290 e. The van der Waals surface area contributed by atoms with E-state index in [4.69, 9.17) is 4.74 Å². The maximum absolute atomic E-state index is 12.6. The van der Waals surface area contributed by atoms with Crippen molar-refractivity contribution in [3.05, 3.63) is 40.8 Å². The number of rotatable bonds is 4. The summed E-state index contributed by atoms with van der Waals surface area (Å²) >= 11 is 0.905. The summed E-state index contributed by atoms with van der Waals surface area (Å²) < 4.78 is 6.15. The third-order valence-electron chi connectivity index (χ3n) is 5.31. The molecule has 4 rings (SSSR count). The van der Waals surface area contributed by atoms with E-state index in [1.807, 2.05) is 23.1 Å². The molecule has 28 heavy (non-hydrogen) atoms. The van der Waals surface area contributed by atoms with Gasteiger partial charge < -0.3 is 9.64 Å². The van der Waals surface area contributed by atoms with Crippen LogP contribution in [-0.4, -0.2) is 41.1 Å². The number of nitrogens with zero attached hydrogens (tertiary/aromatic N) is 1. The number of hydrogen-bond donors (Lipinski definition) is 1. The molecule has 1 N–H and O–H groups in total. The minimum absolute atomic E-state index is 0.00346. The van der Waals surface area contributed by atoms with Crippen LogP contribution in [0, 0.1) is 11.8 Å². The Kier molecular flexibility index (Phi) is 4.73. The van der Waals surface area contributed by atoms with Gasteiger partial charge >= 0.3 is 0 Å². The molecular weight excluding hydrogens is 376 g/mol. The van der Waals surface area contributed by atoms with E-state index in [2.05, 4.69) is 32.2 Å². The molecule has 2 aliphatic heterocycles. The van der Waals surface area contributed by atoms with Crippen LogP contribution in [0.4, 0.5) is 4.79 Å². The Morgan fingerprint density at radius 2 is 1.96 bits per heavy atom. The Hall–Kier alpha value is -2.28. The molecule has 3 amide bonds. The molecule has 3 aliphatic rings. The van der Waals surface area contributed by atoms with Gasteiger partial charge in [0.05, 0.1) is 18.0 Å². The van der Waals surface area contributed by atoms with Crippen LogP contribution in [0.25, 0.3) is 0 Å². The summed E-state index contributed by atoms with van der Waals surface area (Å²) in [4.78, 5) is 37.7. The molecule has 2 atom stereocenters. The highest BCUT2D eigenvalue weighted by Crippen LogP contribution is 2.44. The van der Waals surface area contributed by atoms with Gasteiger partial charge in [0.2, 0.25) is 5.91 Å². The molecule has 2 heterocycles. The second-order valence-corrected chi connectivity index (χ2v) is 9.62. The second kappa shape index (κ2) is 6.95. The number of thioether (sulfide) groups is 1. The van der Waals surface area contributed by atoms with E-state index in [0.29, 0.717) is 18.0 Å². The molecule has 1 aromatic carbocycles. The van der Waals surface area contributed by atoms with Crippen molar-refractivity contribution in [2.75, 3.05) is 13.1 Å². The molecule has 3 fully saturated rings. The Labute approximate surface area is 168 Å². The first-order chi connectivity index (χ1) is 13.2. The number of nitrogens with one attached hydrogen (secondary N) is 1. The van der Waals surface area contributed by atoms with Gasteiger partial charge in [0.1, 0.15) is 11.9 Å². The number of para-hydroxylation sites is 1. The zero-order chi connectivity index (χ0) is 20.1. The summed E-state index contributed by atoms with van der Waals surface area (Å²) in [7, 11) is 0. The number of allylic oxidation sites excluding steroid dienone is 1. The van der Waals surface area contributed by atoms with Crippen molar-refractivity contribution in [2.45, 2.75) is 38.7 Å². The Morgan fingerprint density at radius 3 is 2.61 bits per heavy atom. The van der Waals surface area contributed by atoms with Gasteiger partial charge in [-0.25, -0.2) is 0 Å². The predicted molar refractivity (Wildman–Crippen MR) is 107 cm³/mol. The number of carbonyl (C=O) groups excluding carboxylic acids is 3. The van der Waals surface area contributed by atoms with Crippen LogP contribution in [0.2, 0.25) is 0 Å². The van der Waals surface area contributed by atoms with Crippen LogP contribution in [0.15, 0.2) is 35.2 Å². The average Bonchev–Trinajstić information content (AvgIpc) is 3.27. The number of ether oxygens (including phenoxy) is 1. The van der Waals surface area contributed by atoms with Crippen molar-refractivity contribution < 1.29 is 19.1 Å². The quantitative estimate of drug-likeness (QED) is 0.786. The van der Waals surface area contributed by atoms with Gasteiger partial charge in [-0.15, -0.1) is 0 Å². The fourth-order valence-electron chi connectivity index (χ4n) is 3.61. The third kappa shape index (κ3) is 3.81. The number of benzene rings is 1. The summed E-state index contributed by atoms with van der Waals surface area (Å²) in [6, 6.07) is 8.06. The van der Waals surface area contributed by atoms with E-state index in [-0.39, 0.29) is 40.4 Å². The van der Waals surface area contributed by atoms with Crippen LogP contribution in [-0.2, 0) is 15.0 Å². The monoisotopic (exact) mass is 400 g/mol. The van der Waals surface area contributed by atoms with Crippen molar-refractivity contribution in [3.63, 3.8) is 0 Å². The lowest BCUT2D eigenvalue weighted by molar-refractivity contribution is -0.141. The van der Waals surface area contributed by atoms with E-state index in [9.17, 15) is 14.4 Å². The Balaban J connectivity index is 1.30. The fraction of sp³-hybridized carbons (Fsp3) is 0.476. The topological polar surface area (TPSA) is 75.7 Å². The van der Waals surface area contributed by atoms with Crippen molar-refractivity contribution >= 4 is 28.8 Å². The molecule has 148 valence electrons. The Morgan fingerprint density at radius 1 is 1.25 bits per heavy atom. The lowest BCUT2D eigenvalue weighted by atomic mass is 9.86. The first-order valence-electron chi connectivity index (χ1n) is 9.52. The number of likely N-dealkylation sites (tertiary alicyclic amines) is 1. The van der Waals surface area contributed by atoms with Gasteiger partial charge in [0.25, 0.3) is 11.1 Å². The number of amides is 3. The molecule has 1 saturated carbocycles. The molecule has 2 saturated heterocycles. The molecule has 1 aromatic rings. The maximum atomic E-state index is 12.6. The van der Waals surface area contributed by atoms with Crippen LogP contribution in [0.3, 0.4) is 0 Å². The summed E-state index contributed by atoms with van der Waals surface area (Å²) in [5.74, 6) is 0.603. The third-order valence-corrected chi connectivity index (χ3v) is 6.14. The van der Waals surface area contributed by atoms with Gasteiger partial charge in [-0.2, -0.15) is 0 Å². The van der Waals surface area contributed by atoms with Crippen molar-refractivity contribution in [1.82, 2.24) is 10.2 Å². The van der Waals surface area contributed by atoms with Gasteiger partial charge in [0, 0.05) is 5.92 Å². The molecule has 0 spiro atoms. The highest BCUT2D eigenvalue weighted by molar-refractivity contribution is 8.18. The smallest absolute Gasteiger partial charge is 0.290 e. The van der Waals surface area contributed by atoms with E-state index >= 15 is 0 Å². The van der Waals surface area contributed by atoms with Crippen molar-refractivity contribution in [1.29, 1.82) is 0 Å². The predicted octanol–water partition coefficient (Wildman–Crippen LogP) is 3.08. The number of imide groups is 1. The van der Waals surface area contributed by atoms with Crippen LogP contribution in [0.1, 0.15) is 32.8 Å². The number of hydrogen-bond acceptors (Lipinski definition) is 5. The first-order valence-corrected chi connectivity index (χ1v) is 10.3. The van der Waals surface area contributed by atoms with E-state index in [1.165, 1.54) is 0 Å². The fourth-order valence-corrected chi connectivity index (χ4v) is 4.34. The lowest BCUT2D eigenvalue weighted by Crippen LogP contribution is -2.56. The van der Waals surface area contributed by atoms with Crippen molar-refractivity contribution in [2.24, 2.45) is 11.8 Å². The summed E-state index contributed by atoms with van der Waals surface area (Å²) in [6.45, 7) is 7.65. The second-order valence-electron chi connectivity index (χ2n) is 8.61. The van der Waals surface area contributed by atoms with Gasteiger partial charge in [-0.05, 0) is 41.1 Å². The van der Waals surface area contributed by atoms with Crippen molar-refractivity contribution in [3.8, 4) is 5.75 Å². The molecule has 7 heteroatoms. The highest BCUT2D eigenvalue weighted by atomic mass is 32.2. The molecule has 0 radical (unpaired) electrons. The normalized spacial score (nSPS) is 26.2. The van der Waals surface area contributed by atoms with E-state index in [0.717, 1.165) is 29.5 Å². The van der Waals surface area contributed by atoms with Crippen LogP contribution < -0.4 is 10.1 Å². The lowest BCUT2D eigenvalue weighted by Gasteiger charge is -2.40. The largest absolute Gasteiger partial charge is 0.486 e. The zero-order valence-corrected chi connectivity index (χ0v) is 17.0.